The molecule has 0 amide bonds. The molecule has 1 unspecified atom stereocenters. The molecule has 1 heterocycles. The van der Waals surface area contributed by atoms with Gasteiger partial charge in [0.15, 0.2) is 0 Å². The van der Waals surface area contributed by atoms with Gasteiger partial charge in [0, 0.05) is 5.39 Å². The van der Waals surface area contributed by atoms with Crippen molar-refractivity contribution < 1.29 is 4.42 Å². The van der Waals surface area contributed by atoms with Crippen molar-refractivity contribution in [1.82, 2.24) is 0 Å². The molecule has 2 aromatic carbocycles. The molecule has 1 atom stereocenters. The Kier molecular flexibility index (Phi) is 2.88. The number of aryl methyl sites for hydroxylation is 2. The van der Waals surface area contributed by atoms with Crippen LogP contribution in [0.5, 0.6) is 0 Å². The average Bonchev–Trinajstić information content (AvgIpc) is 2.84. The van der Waals surface area contributed by atoms with Gasteiger partial charge in [-0.2, -0.15) is 0 Å². The molecule has 3 aromatic rings. The van der Waals surface area contributed by atoms with Crippen molar-refractivity contribution in [2.75, 3.05) is 0 Å². The number of rotatable bonds is 2. The third-order valence-electron chi connectivity index (χ3n) is 3.59. The van der Waals surface area contributed by atoms with E-state index in [1.54, 1.807) is 0 Å². The number of furan rings is 1. The molecule has 3 rings (SSSR count). The number of nitrogens with two attached hydrogens (primary N) is 1. The minimum absolute atomic E-state index is 0.215. The monoisotopic (exact) mass is 251 g/mol. The molecule has 0 fully saturated rings. The van der Waals surface area contributed by atoms with Crippen LogP contribution in [0.1, 0.15) is 28.5 Å². The van der Waals surface area contributed by atoms with E-state index in [4.69, 9.17) is 10.2 Å². The van der Waals surface area contributed by atoms with E-state index in [-0.39, 0.29) is 6.04 Å². The van der Waals surface area contributed by atoms with Crippen molar-refractivity contribution in [3.63, 3.8) is 0 Å². The number of para-hydroxylation sites is 1. The first kappa shape index (κ1) is 12.0. The summed E-state index contributed by atoms with van der Waals surface area (Å²) in [5.41, 5.74) is 10.7. The molecule has 0 radical (unpaired) electrons. The molecule has 0 aliphatic carbocycles. The molecule has 2 nitrogen and oxygen atoms in total. The van der Waals surface area contributed by atoms with E-state index in [9.17, 15) is 0 Å². The first-order valence-electron chi connectivity index (χ1n) is 6.47. The van der Waals surface area contributed by atoms with E-state index in [2.05, 4.69) is 38.1 Å². The van der Waals surface area contributed by atoms with Gasteiger partial charge in [-0.25, -0.2) is 0 Å². The fraction of sp³-hybridized carbons (Fsp3) is 0.176. The van der Waals surface area contributed by atoms with E-state index >= 15 is 0 Å². The predicted octanol–water partition coefficient (Wildman–Crippen LogP) is 4.10. The second kappa shape index (κ2) is 4.56. The van der Waals surface area contributed by atoms with Crippen LogP contribution in [0.2, 0.25) is 0 Å². The van der Waals surface area contributed by atoms with Gasteiger partial charge in [-0.3, -0.25) is 0 Å². The second-order valence-corrected chi connectivity index (χ2v) is 4.98. The fourth-order valence-corrected chi connectivity index (χ4v) is 2.47. The van der Waals surface area contributed by atoms with Crippen LogP contribution in [0.25, 0.3) is 11.0 Å². The molecular formula is C17H17NO. The van der Waals surface area contributed by atoms with Gasteiger partial charge < -0.3 is 10.2 Å². The molecule has 0 aliphatic rings. The summed E-state index contributed by atoms with van der Waals surface area (Å²) in [5, 5.41) is 1.11. The van der Waals surface area contributed by atoms with Gasteiger partial charge in [0.05, 0.1) is 6.04 Å². The number of benzene rings is 2. The first-order valence-corrected chi connectivity index (χ1v) is 6.47. The Balaban J connectivity index is 2.10. The van der Waals surface area contributed by atoms with Crippen LogP contribution < -0.4 is 5.73 Å². The van der Waals surface area contributed by atoms with E-state index in [1.807, 2.05) is 24.3 Å². The fourth-order valence-electron chi connectivity index (χ4n) is 2.47. The zero-order chi connectivity index (χ0) is 13.4. The van der Waals surface area contributed by atoms with E-state index < -0.39 is 0 Å². The first-order chi connectivity index (χ1) is 9.16. The molecule has 0 spiro atoms. The summed E-state index contributed by atoms with van der Waals surface area (Å²) >= 11 is 0. The van der Waals surface area contributed by atoms with E-state index in [0.717, 1.165) is 27.9 Å². The van der Waals surface area contributed by atoms with Crippen LogP contribution in [0.4, 0.5) is 0 Å². The highest BCUT2D eigenvalue weighted by Crippen LogP contribution is 2.29. The van der Waals surface area contributed by atoms with Gasteiger partial charge >= 0.3 is 0 Å². The zero-order valence-electron chi connectivity index (χ0n) is 11.2. The quantitative estimate of drug-likeness (QED) is 0.744. The molecule has 96 valence electrons. The van der Waals surface area contributed by atoms with Gasteiger partial charge in [0.2, 0.25) is 0 Å². The van der Waals surface area contributed by atoms with Gasteiger partial charge in [0.1, 0.15) is 11.3 Å². The van der Waals surface area contributed by atoms with E-state index in [1.165, 1.54) is 5.56 Å². The Morgan fingerprint density at radius 1 is 0.947 bits per heavy atom. The zero-order valence-corrected chi connectivity index (χ0v) is 11.2. The van der Waals surface area contributed by atoms with Crippen molar-refractivity contribution >= 4 is 11.0 Å². The van der Waals surface area contributed by atoms with E-state index in [0.29, 0.717) is 0 Å². The summed E-state index contributed by atoms with van der Waals surface area (Å²) in [7, 11) is 0. The lowest BCUT2D eigenvalue weighted by molar-refractivity contribution is 0.523. The summed E-state index contributed by atoms with van der Waals surface area (Å²) < 4.78 is 5.95. The molecule has 2 N–H and O–H groups in total. The molecule has 0 aliphatic heterocycles. The smallest absolute Gasteiger partial charge is 0.137 e. The molecular weight excluding hydrogens is 234 g/mol. The van der Waals surface area contributed by atoms with Crippen molar-refractivity contribution in [1.29, 1.82) is 0 Å². The highest BCUT2D eigenvalue weighted by molar-refractivity contribution is 5.81. The Morgan fingerprint density at radius 3 is 2.42 bits per heavy atom. The normalized spacial score (nSPS) is 12.8. The molecule has 0 saturated heterocycles. The maximum atomic E-state index is 6.34. The highest BCUT2D eigenvalue weighted by atomic mass is 16.3. The summed E-state index contributed by atoms with van der Waals surface area (Å²) in [6.45, 7) is 4.12. The van der Waals surface area contributed by atoms with Crippen molar-refractivity contribution in [3.8, 4) is 0 Å². The van der Waals surface area contributed by atoms with Crippen LogP contribution in [0.15, 0.2) is 52.9 Å². The van der Waals surface area contributed by atoms with Gasteiger partial charge in [-0.15, -0.1) is 0 Å². The standard InChI is InChI=1S/C17H17NO/c1-11-6-3-4-9-14(11)16(18)15-10-13-8-5-7-12(2)17(13)19-15/h3-10,16H,18H2,1-2H3. The van der Waals surface area contributed by atoms with Gasteiger partial charge in [0.25, 0.3) is 0 Å². The summed E-state index contributed by atoms with van der Waals surface area (Å²) in [6, 6.07) is 16.1. The summed E-state index contributed by atoms with van der Waals surface area (Å²) in [4.78, 5) is 0. The van der Waals surface area contributed by atoms with Crippen molar-refractivity contribution in [2.45, 2.75) is 19.9 Å². The Hall–Kier alpha value is -2.06. The highest BCUT2D eigenvalue weighted by Gasteiger charge is 2.16. The van der Waals surface area contributed by atoms with Gasteiger partial charge in [-0.1, -0.05) is 42.5 Å². The largest absolute Gasteiger partial charge is 0.459 e. The Bertz CT molecular complexity index is 727. The maximum absolute atomic E-state index is 6.34. The average molecular weight is 251 g/mol. The lowest BCUT2D eigenvalue weighted by atomic mass is 10.00. The van der Waals surface area contributed by atoms with Crippen LogP contribution in [0, 0.1) is 13.8 Å². The summed E-state index contributed by atoms with van der Waals surface area (Å²) in [6.07, 6.45) is 0. The molecule has 2 heteroatoms. The minimum atomic E-state index is -0.215. The molecule has 0 bridgehead atoms. The topological polar surface area (TPSA) is 39.2 Å². The van der Waals surface area contributed by atoms with Crippen LogP contribution in [-0.2, 0) is 0 Å². The molecule has 0 saturated carbocycles. The van der Waals surface area contributed by atoms with Gasteiger partial charge in [-0.05, 0) is 36.6 Å². The van der Waals surface area contributed by atoms with Crippen molar-refractivity contribution in [2.24, 2.45) is 5.73 Å². The maximum Gasteiger partial charge on any atom is 0.137 e. The lowest BCUT2D eigenvalue weighted by Crippen LogP contribution is -2.12. The Morgan fingerprint density at radius 2 is 1.68 bits per heavy atom. The van der Waals surface area contributed by atoms with Crippen LogP contribution in [-0.4, -0.2) is 0 Å². The SMILES string of the molecule is Cc1ccccc1C(N)c1cc2cccc(C)c2o1. The third-order valence-corrected chi connectivity index (χ3v) is 3.59. The minimum Gasteiger partial charge on any atom is -0.459 e. The number of hydrogen-bond acceptors (Lipinski definition) is 2. The Labute approximate surface area is 112 Å². The number of hydrogen-bond donors (Lipinski definition) is 1. The third kappa shape index (κ3) is 2.04. The molecule has 1 aromatic heterocycles. The predicted molar refractivity (Wildman–Crippen MR) is 78.2 cm³/mol. The lowest BCUT2D eigenvalue weighted by Gasteiger charge is -2.11. The van der Waals surface area contributed by atoms with Crippen LogP contribution >= 0.6 is 0 Å². The van der Waals surface area contributed by atoms with Crippen molar-refractivity contribution in [3.05, 3.63) is 71.0 Å². The molecule has 19 heavy (non-hydrogen) atoms. The summed E-state index contributed by atoms with van der Waals surface area (Å²) in [5.74, 6) is 0.818. The second-order valence-electron chi connectivity index (χ2n) is 4.98. The number of fused-ring (bicyclic) bond motifs is 1. The van der Waals surface area contributed by atoms with Crippen LogP contribution in [0.3, 0.4) is 0 Å².